The summed E-state index contributed by atoms with van der Waals surface area (Å²) in [5, 5.41) is 17.6. The summed E-state index contributed by atoms with van der Waals surface area (Å²) < 4.78 is 4.64. The number of carboxylic acids is 1. The first-order valence-electron chi connectivity index (χ1n) is 5.53. The lowest BCUT2D eigenvalue weighted by atomic mass is 10.2. The molecule has 0 unspecified atom stereocenters. The number of phenolic OH excluding ortho intramolecular Hbond substituents is 1. The molecule has 0 aromatic heterocycles. The zero-order valence-corrected chi connectivity index (χ0v) is 10.6. The molecule has 1 aromatic rings. The van der Waals surface area contributed by atoms with Crippen LogP contribution < -0.4 is 5.73 Å². The van der Waals surface area contributed by atoms with E-state index in [2.05, 4.69) is 11.7 Å². The maximum absolute atomic E-state index is 10.6. The zero-order valence-electron chi connectivity index (χ0n) is 10.6. The molecule has 0 atom stereocenters. The highest BCUT2D eigenvalue weighted by Gasteiger charge is 2.05. The SMILES string of the molecule is CCCN.CO/C(=C\c1ccc(O)cc1)C(=O)O. The average Bonchev–Trinajstić information content (AvgIpc) is 2.38. The molecule has 1 aromatic carbocycles. The van der Waals surface area contributed by atoms with Crippen molar-refractivity contribution in [2.24, 2.45) is 5.73 Å². The summed E-state index contributed by atoms with van der Waals surface area (Å²) in [4.78, 5) is 10.6. The van der Waals surface area contributed by atoms with Gasteiger partial charge in [-0.25, -0.2) is 4.79 Å². The molecule has 0 fully saturated rings. The molecule has 0 saturated heterocycles. The van der Waals surface area contributed by atoms with Crippen molar-refractivity contribution in [3.05, 3.63) is 35.6 Å². The van der Waals surface area contributed by atoms with E-state index in [1.54, 1.807) is 12.1 Å². The number of phenols is 1. The Morgan fingerprint density at radius 2 is 1.89 bits per heavy atom. The third kappa shape index (κ3) is 6.55. The van der Waals surface area contributed by atoms with Crippen LogP contribution in [0.25, 0.3) is 6.08 Å². The number of carbonyl (C=O) groups is 1. The van der Waals surface area contributed by atoms with Crippen LogP contribution >= 0.6 is 0 Å². The molecule has 0 heterocycles. The number of methoxy groups -OCH3 is 1. The molecule has 1 rings (SSSR count). The Morgan fingerprint density at radius 1 is 1.39 bits per heavy atom. The Balaban J connectivity index is 0.000000631. The summed E-state index contributed by atoms with van der Waals surface area (Å²) in [6.07, 6.45) is 2.47. The molecule has 0 aliphatic carbocycles. The molecule has 0 aliphatic rings. The highest BCUT2D eigenvalue weighted by atomic mass is 16.5. The van der Waals surface area contributed by atoms with Gasteiger partial charge in [0.05, 0.1) is 7.11 Å². The molecule has 0 saturated carbocycles. The topological polar surface area (TPSA) is 92.8 Å². The van der Waals surface area contributed by atoms with Crippen molar-refractivity contribution in [1.82, 2.24) is 0 Å². The van der Waals surface area contributed by atoms with Crippen molar-refractivity contribution in [3.8, 4) is 5.75 Å². The minimum Gasteiger partial charge on any atom is -0.508 e. The van der Waals surface area contributed by atoms with Crippen LogP contribution in [-0.2, 0) is 9.53 Å². The Hall–Kier alpha value is -2.01. The minimum atomic E-state index is -1.12. The molecular weight excluding hydrogens is 234 g/mol. The number of hydrogen-bond acceptors (Lipinski definition) is 4. The molecule has 0 aliphatic heterocycles. The highest BCUT2D eigenvalue weighted by molar-refractivity contribution is 5.89. The Labute approximate surface area is 107 Å². The van der Waals surface area contributed by atoms with E-state index < -0.39 is 5.97 Å². The first-order valence-corrected chi connectivity index (χ1v) is 5.53. The maximum Gasteiger partial charge on any atom is 0.371 e. The molecule has 0 radical (unpaired) electrons. The summed E-state index contributed by atoms with van der Waals surface area (Å²) in [6, 6.07) is 6.14. The van der Waals surface area contributed by atoms with Crippen LogP contribution in [0.5, 0.6) is 5.75 Å². The lowest BCUT2D eigenvalue weighted by Gasteiger charge is -2.00. The van der Waals surface area contributed by atoms with Gasteiger partial charge in [0.15, 0.2) is 0 Å². The van der Waals surface area contributed by atoms with Crippen molar-refractivity contribution in [3.63, 3.8) is 0 Å². The van der Waals surface area contributed by atoms with E-state index in [9.17, 15) is 4.79 Å². The quantitative estimate of drug-likeness (QED) is 0.562. The largest absolute Gasteiger partial charge is 0.508 e. The predicted molar refractivity (Wildman–Crippen MR) is 70.1 cm³/mol. The monoisotopic (exact) mass is 253 g/mol. The van der Waals surface area contributed by atoms with Crippen molar-refractivity contribution in [1.29, 1.82) is 0 Å². The van der Waals surface area contributed by atoms with E-state index in [0.29, 0.717) is 5.56 Å². The van der Waals surface area contributed by atoms with Gasteiger partial charge in [-0.05, 0) is 36.7 Å². The van der Waals surface area contributed by atoms with Crippen LogP contribution in [0.1, 0.15) is 18.9 Å². The smallest absolute Gasteiger partial charge is 0.371 e. The summed E-state index contributed by atoms with van der Waals surface area (Å²) in [5.74, 6) is -1.13. The number of carboxylic acid groups (broad SMARTS) is 1. The van der Waals surface area contributed by atoms with Gasteiger partial charge in [-0.2, -0.15) is 0 Å². The summed E-state index contributed by atoms with van der Waals surface area (Å²) in [7, 11) is 1.29. The first-order chi connectivity index (χ1) is 8.54. The summed E-state index contributed by atoms with van der Waals surface area (Å²) >= 11 is 0. The normalized spacial score (nSPS) is 10.3. The van der Waals surface area contributed by atoms with Gasteiger partial charge in [0.25, 0.3) is 0 Å². The zero-order chi connectivity index (χ0) is 14.0. The molecule has 5 nitrogen and oxygen atoms in total. The van der Waals surface area contributed by atoms with Gasteiger partial charge < -0.3 is 20.7 Å². The third-order valence-electron chi connectivity index (χ3n) is 1.91. The number of aliphatic carboxylic acids is 1. The first kappa shape index (κ1) is 16.0. The molecule has 0 spiro atoms. The number of aromatic hydroxyl groups is 1. The number of hydrogen-bond donors (Lipinski definition) is 3. The van der Waals surface area contributed by atoms with Crippen molar-refractivity contribution in [2.45, 2.75) is 13.3 Å². The van der Waals surface area contributed by atoms with Gasteiger partial charge in [0.2, 0.25) is 5.76 Å². The van der Waals surface area contributed by atoms with Crippen LogP contribution in [0.2, 0.25) is 0 Å². The molecule has 100 valence electrons. The van der Waals surface area contributed by atoms with E-state index in [1.807, 2.05) is 0 Å². The minimum absolute atomic E-state index is 0.136. The molecule has 18 heavy (non-hydrogen) atoms. The van der Waals surface area contributed by atoms with Crippen LogP contribution in [0.15, 0.2) is 30.0 Å². The second-order valence-corrected chi connectivity index (χ2v) is 3.40. The Morgan fingerprint density at radius 3 is 2.22 bits per heavy atom. The fraction of sp³-hybridized carbons (Fsp3) is 0.308. The van der Waals surface area contributed by atoms with Gasteiger partial charge in [-0.3, -0.25) is 0 Å². The third-order valence-corrected chi connectivity index (χ3v) is 1.91. The number of benzene rings is 1. The van der Waals surface area contributed by atoms with Gasteiger partial charge in [-0.15, -0.1) is 0 Å². The summed E-state index contributed by atoms with van der Waals surface area (Å²) in [6.45, 7) is 2.88. The average molecular weight is 253 g/mol. The van der Waals surface area contributed by atoms with E-state index in [0.717, 1.165) is 13.0 Å². The second-order valence-electron chi connectivity index (χ2n) is 3.40. The van der Waals surface area contributed by atoms with Crippen molar-refractivity contribution < 1.29 is 19.7 Å². The van der Waals surface area contributed by atoms with Gasteiger partial charge in [0, 0.05) is 0 Å². The fourth-order valence-electron chi connectivity index (χ4n) is 0.930. The summed E-state index contributed by atoms with van der Waals surface area (Å²) in [5.41, 5.74) is 5.68. The predicted octanol–water partition coefficient (Wildman–Crippen LogP) is 1.82. The van der Waals surface area contributed by atoms with E-state index in [-0.39, 0.29) is 11.5 Å². The van der Waals surface area contributed by atoms with Gasteiger partial charge in [0.1, 0.15) is 5.75 Å². The van der Waals surface area contributed by atoms with Crippen LogP contribution in [-0.4, -0.2) is 29.8 Å². The lowest BCUT2D eigenvalue weighted by molar-refractivity contribution is -0.135. The van der Waals surface area contributed by atoms with E-state index in [4.69, 9.17) is 15.9 Å². The van der Waals surface area contributed by atoms with E-state index in [1.165, 1.54) is 25.3 Å². The fourth-order valence-corrected chi connectivity index (χ4v) is 0.930. The molecule has 0 bridgehead atoms. The van der Waals surface area contributed by atoms with Crippen LogP contribution in [0.3, 0.4) is 0 Å². The lowest BCUT2D eigenvalue weighted by Crippen LogP contribution is -2.01. The second kappa shape index (κ2) is 9.07. The molecule has 0 amide bonds. The standard InChI is InChI=1S/C10H10O4.C3H9N/c1-14-9(10(12)13)6-7-2-4-8(11)5-3-7;1-2-3-4/h2-6,11H,1H3,(H,12,13);2-4H2,1H3/b9-6-;. The van der Waals surface area contributed by atoms with Gasteiger partial charge in [-0.1, -0.05) is 19.1 Å². The molecular formula is C13H19NO4. The Kier molecular flexibility index (Phi) is 8.05. The van der Waals surface area contributed by atoms with Crippen molar-refractivity contribution >= 4 is 12.0 Å². The van der Waals surface area contributed by atoms with Crippen LogP contribution in [0.4, 0.5) is 0 Å². The highest BCUT2D eigenvalue weighted by Crippen LogP contribution is 2.12. The van der Waals surface area contributed by atoms with Gasteiger partial charge >= 0.3 is 5.97 Å². The van der Waals surface area contributed by atoms with Crippen LogP contribution in [0, 0.1) is 0 Å². The van der Waals surface area contributed by atoms with Crippen molar-refractivity contribution in [2.75, 3.05) is 13.7 Å². The number of nitrogens with two attached hydrogens (primary N) is 1. The molecule has 4 N–H and O–H groups in total. The number of ether oxygens (including phenoxy) is 1. The Bertz CT molecular complexity index is 382. The molecule has 5 heteroatoms. The maximum atomic E-state index is 10.6. The number of rotatable bonds is 4. The van der Waals surface area contributed by atoms with E-state index >= 15 is 0 Å².